The third-order valence-corrected chi connectivity index (χ3v) is 4.89. The van der Waals surface area contributed by atoms with Crippen molar-refractivity contribution >= 4 is 0 Å². The Hall–Kier alpha value is -1.26. The molecule has 1 saturated carbocycles. The van der Waals surface area contributed by atoms with E-state index in [1.807, 2.05) is 6.07 Å². The van der Waals surface area contributed by atoms with Crippen LogP contribution in [-0.2, 0) is 0 Å². The summed E-state index contributed by atoms with van der Waals surface area (Å²) in [5.74, 6) is 2.90. The summed E-state index contributed by atoms with van der Waals surface area (Å²) in [6.07, 6.45) is 8.39. The van der Waals surface area contributed by atoms with E-state index >= 15 is 0 Å². The normalized spacial score (nSPS) is 20.8. The molecule has 1 aromatic carbocycles. The van der Waals surface area contributed by atoms with Gasteiger partial charge in [0.25, 0.3) is 0 Å². The highest BCUT2D eigenvalue weighted by Crippen LogP contribution is 2.40. The Morgan fingerprint density at radius 3 is 2.38 bits per heavy atom. The molecule has 136 valence electrons. The molecule has 0 unspecified atom stereocenters. The molecular weight excluding hydrogens is 304 g/mol. The van der Waals surface area contributed by atoms with Crippen LogP contribution in [0, 0.1) is 5.92 Å². The maximum absolute atomic E-state index is 8.96. The molecule has 2 rings (SSSR count). The van der Waals surface area contributed by atoms with Gasteiger partial charge in [-0.2, -0.15) is 0 Å². The van der Waals surface area contributed by atoms with Gasteiger partial charge in [0.1, 0.15) is 6.61 Å². The lowest BCUT2D eigenvalue weighted by Gasteiger charge is -2.29. The van der Waals surface area contributed by atoms with E-state index in [0.29, 0.717) is 24.7 Å². The van der Waals surface area contributed by atoms with Crippen LogP contribution in [0.4, 0.5) is 0 Å². The number of aliphatic hydroxyl groups excluding tert-OH is 2. The van der Waals surface area contributed by atoms with Gasteiger partial charge in [-0.3, -0.25) is 0 Å². The van der Waals surface area contributed by atoms with Crippen LogP contribution in [0.1, 0.15) is 63.4 Å². The van der Waals surface area contributed by atoms with Gasteiger partial charge in [-0.25, -0.2) is 0 Å². The zero-order valence-electron chi connectivity index (χ0n) is 14.9. The molecule has 0 bridgehead atoms. The topological polar surface area (TPSA) is 58.9 Å². The molecule has 0 aromatic heterocycles. The van der Waals surface area contributed by atoms with Gasteiger partial charge in [0, 0.05) is 13.0 Å². The average molecular weight is 336 g/mol. The molecule has 1 aliphatic carbocycles. The first-order chi connectivity index (χ1) is 11.8. The van der Waals surface area contributed by atoms with Crippen LogP contribution in [0.2, 0.25) is 0 Å². The van der Waals surface area contributed by atoms with Crippen molar-refractivity contribution in [1.82, 2.24) is 0 Å². The Balaban J connectivity index is 2.03. The number of benzene rings is 1. The Bertz CT molecular complexity index is 467. The number of hydrogen-bond donors (Lipinski definition) is 2. The summed E-state index contributed by atoms with van der Waals surface area (Å²) in [6.45, 7) is 3.11. The molecule has 0 radical (unpaired) electrons. The van der Waals surface area contributed by atoms with E-state index in [2.05, 4.69) is 19.1 Å². The number of aliphatic hydroxyl groups is 2. The Morgan fingerprint density at radius 1 is 0.958 bits per heavy atom. The maximum atomic E-state index is 8.96. The predicted molar refractivity (Wildman–Crippen MR) is 95.8 cm³/mol. The monoisotopic (exact) mass is 336 g/mol. The fourth-order valence-electron chi connectivity index (χ4n) is 3.61. The maximum Gasteiger partial charge on any atom is 0.161 e. The van der Waals surface area contributed by atoms with Gasteiger partial charge in [-0.1, -0.05) is 25.8 Å². The van der Waals surface area contributed by atoms with Crippen molar-refractivity contribution in [3.63, 3.8) is 0 Å². The van der Waals surface area contributed by atoms with E-state index < -0.39 is 0 Å². The van der Waals surface area contributed by atoms with Gasteiger partial charge in [0.2, 0.25) is 0 Å². The lowest BCUT2D eigenvalue weighted by atomic mass is 9.77. The van der Waals surface area contributed by atoms with Gasteiger partial charge in [0.05, 0.1) is 13.2 Å². The third kappa shape index (κ3) is 5.67. The number of hydrogen-bond acceptors (Lipinski definition) is 4. The molecule has 0 amide bonds. The second-order valence-electron chi connectivity index (χ2n) is 6.71. The molecule has 0 spiro atoms. The zero-order valence-corrected chi connectivity index (χ0v) is 14.9. The van der Waals surface area contributed by atoms with E-state index in [4.69, 9.17) is 19.7 Å². The summed E-state index contributed by atoms with van der Waals surface area (Å²) in [6, 6.07) is 6.18. The molecule has 0 saturated heterocycles. The lowest BCUT2D eigenvalue weighted by Crippen LogP contribution is -2.13. The molecular formula is C20H32O4. The van der Waals surface area contributed by atoms with Crippen LogP contribution in [0.3, 0.4) is 0 Å². The van der Waals surface area contributed by atoms with Crippen molar-refractivity contribution in [2.24, 2.45) is 5.92 Å². The van der Waals surface area contributed by atoms with Crippen molar-refractivity contribution in [3.8, 4) is 11.5 Å². The van der Waals surface area contributed by atoms with Crippen LogP contribution < -0.4 is 9.47 Å². The third-order valence-electron chi connectivity index (χ3n) is 4.89. The summed E-state index contributed by atoms with van der Waals surface area (Å²) in [5, 5.41) is 17.9. The summed E-state index contributed by atoms with van der Waals surface area (Å²) in [5.41, 5.74) is 1.32. The van der Waals surface area contributed by atoms with E-state index in [9.17, 15) is 0 Å². The van der Waals surface area contributed by atoms with Crippen LogP contribution in [0.5, 0.6) is 11.5 Å². The highest BCUT2D eigenvalue weighted by Gasteiger charge is 2.22. The predicted octanol–water partition coefficient (Wildman–Crippen LogP) is 3.89. The van der Waals surface area contributed by atoms with Gasteiger partial charge >= 0.3 is 0 Å². The second kappa shape index (κ2) is 10.6. The van der Waals surface area contributed by atoms with Gasteiger partial charge in [-0.15, -0.1) is 0 Å². The van der Waals surface area contributed by atoms with E-state index in [-0.39, 0.29) is 19.8 Å². The Kier molecular flexibility index (Phi) is 8.40. The molecule has 2 N–H and O–H groups in total. The van der Waals surface area contributed by atoms with Crippen LogP contribution in [0.15, 0.2) is 18.2 Å². The standard InChI is InChI=1S/C20H32O4/c1-2-4-16-5-7-17(8-6-16)18-9-10-19(24-14-12-22)20(15-18)23-13-3-11-21/h9-10,15-17,21-22H,2-8,11-14H2,1H3. The van der Waals surface area contributed by atoms with E-state index in [1.165, 1.54) is 44.1 Å². The molecule has 0 heterocycles. The fourth-order valence-corrected chi connectivity index (χ4v) is 3.61. The minimum Gasteiger partial charge on any atom is -0.490 e. The van der Waals surface area contributed by atoms with Crippen molar-refractivity contribution in [2.75, 3.05) is 26.4 Å². The molecule has 1 fully saturated rings. The summed E-state index contributed by atoms with van der Waals surface area (Å²) < 4.78 is 11.4. The van der Waals surface area contributed by atoms with Crippen molar-refractivity contribution < 1.29 is 19.7 Å². The summed E-state index contributed by atoms with van der Waals surface area (Å²) in [7, 11) is 0. The second-order valence-corrected chi connectivity index (χ2v) is 6.71. The lowest BCUT2D eigenvalue weighted by molar-refractivity contribution is 0.189. The number of rotatable bonds is 10. The summed E-state index contributed by atoms with van der Waals surface area (Å²) >= 11 is 0. The first kappa shape index (κ1) is 19.1. The number of ether oxygens (including phenoxy) is 2. The molecule has 4 nitrogen and oxygen atoms in total. The first-order valence-corrected chi connectivity index (χ1v) is 9.39. The van der Waals surface area contributed by atoms with Crippen molar-refractivity contribution in [1.29, 1.82) is 0 Å². The van der Waals surface area contributed by atoms with Gasteiger partial charge < -0.3 is 19.7 Å². The molecule has 0 atom stereocenters. The van der Waals surface area contributed by atoms with E-state index in [1.54, 1.807) is 0 Å². The highest BCUT2D eigenvalue weighted by atomic mass is 16.5. The minimum atomic E-state index is -0.0146. The zero-order chi connectivity index (χ0) is 17.2. The van der Waals surface area contributed by atoms with Gasteiger partial charge in [-0.05, 0) is 55.2 Å². The molecule has 1 aromatic rings. The molecule has 0 aliphatic heterocycles. The smallest absolute Gasteiger partial charge is 0.161 e. The highest BCUT2D eigenvalue weighted by molar-refractivity contribution is 5.44. The quantitative estimate of drug-likeness (QED) is 0.636. The van der Waals surface area contributed by atoms with Crippen LogP contribution in [0.25, 0.3) is 0 Å². The van der Waals surface area contributed by atoms with Crippen LogP contribution >= 0.6 is 0 Å². The summed E-state index contributed by atoms with van der Waals surface area (Å²) in [4.78, 5) is 0. The largest absolute Gasteiger partial charge is 0.490 e. The Labute approximate surface area is 145 Å². The molecule has 1 aliphatic rings. The average Bonchev–Trinajstić information content (AvgIpc) is 2.62. The molecule has 24 heavy (non-hydrogen) atoms. The Morgan fingerprint density at radius 2 is 1.71 bits per heavy atom. The SMILES string of the molecule is CCCC1CCC(c2ccc(OCCO)c(OCCCO)c2)CC1. The molecule has 4 heteroatoms. The minimum absolute atomic E-state index is 0.0146. The first-order valence-electron chi connectivity index (χ1n) is 9.39. The van der Waals surface area contributed by atoms with Crippen LogP contribution in [-0.4, -0.2) is 36.6 Å². The van der Waals surface area contributed by atoms with Crippen molar-refractivity contribution in [2.45, 2.75) is 57.8 Å². The van der Waals surface area contributed by atoms with E-state index in [0.717, 1.165) is 11.7 Å². The van der Waals surface area contributed by atoms with Gasteiger partial charge in [0.15, 0.2) is 11.5 Å². The fraction of sp³-hybridized carbons (Fsp3) is 0.700. The van der Waals surface area contributed by atoms with Crippen molar-refractivity contribution in [3.05, 3.63) is 23.8 Å².